The third kappa shape index (κ3) is 5.35. The number of hydrogen-bond acceptors (Lipinski definition) is 4. The monoisotopic (exact) mass is 317 g/mol. The van der Waals surface area contributed by atoms with Gasteiger partial charge in [0.25, 0.3) is 0 Å². The maximum absolute atomic E-state index is 9.47. The molecule has 1 aromatic carbocycles. The molecule has 1 unspecified atom stereocenters. The van der Waals surface area contributed by atoms with Gasteiger partial charge in [0.1, 0.15) is 5.75 Å². The standard InChI is InChI=1S/C13H20BrNO3/c1-17-9-11(16)5-6-15-8-10-3-4-13(18-2)12(14)7-10/h3-4,7,11,15-16H,5-6,8-9H2,1-2H3. The first kappa shape index (κ1) is 15.4. The summed E-state index contributed by atoms with van der Waals surface area (Å²) < 4.78 is 11.0. The first-order chi connectivity index (χ1) is 8.67. The first-order valence-electron chi connectivity index (χ1n) is 5.87. The summed E-state index contributed by atoms with van der Waals surface area (Å²) in [6.45, 7) is 1.91. The molecule has 2 N–H and O–H groups in total. The van der Waals surface area contributed by atoms with Gasteiger partial charge in [-0.3, -0.25) is 0 Å². The molecule has 1 aromatic rings. The Kier molecular flexibility index (Phi) is 7.27. The largest absolute Gasteiger partial charge is 0.496 e. The molecule has 1 rings (SSSR count). The van der Waals surface area contributed by atoms with Gasteiger partial charge in [-0.15, -0.1) is 0 Å². The summed E-state index contributed by atoms with van der Waals surface area (Å²) in [5, 5.41) is 12.7. The van der Waals surface area contributed by atoms with E-state index in [1.54, 1.807) is 14.2 Å². The van der Waals surface area contributed by atoms with Gasteiger partial charge in [0.15, 0.2) is 0 Å². The van der Waals surface area contributed by atoms with E-state index in [4.69, 9.17) is 9.47 Å². The zero-order chi connectivity index (χ0) is 13.4. The topological polar surface area (TPSA) is 50.7 Å². The van der Waals surface area contributed by atoms with E-state index in [0.717, 1.165) is 23.3 Å². The van der Waals surface area contributed by atoms with Gasteiger partial charge in [-0.1, -0.05) is 6.07 Å². The van der Waals surface area contributed by atoms with Crippen LogP contribution in [0.4, 0.5) is 0 Å². The summed E-state index contributed by atoms with van der Waals surface area (Å²) in [5.74, 6) is 0.828. The van der Waals surface area contributed by atoms with Gasteiger partial charge in [-0.2, -0.15) is 0 Å². The van der Waals surface area contributed by atoms with Crippen LogP contribution >= 0.6 is 15.9 Å². The van der Waals surface area contributed by atoms with Crippen molar-refractivity contribution < 1.29 is 14.6 Å². The van der Waals surface area contributed by atoms with Gasteiger partial charge in [0.2, 0.25) is 0 Å². The lowest BCUT2D eigenvalue weighted by Crippen LogP contribution is -2.23. The van der Waals surface area contributed by atoms with Crippen LogP contribution in [-0.4, -0.2) is 38.6 Å². The molecule has 102 valence electrons. The molecule has 0 heterocycles. The third-order valence-corrected chi connectivity index (χ3v) is 3.18. The Labute approximate surface area is 116 Å². The Bertz CT molecular complexity index is 360. The summed E-state index contributed by atoms with van der Waals surface area (Å²) in [7, 11) is 3.24. The molecule has 0 spiro atoms. The molecule has 4 nitrogen and oxygen atoms in total. The highest BCUT2D eigenvalue weighted by Gasteiger charge is 2.03. The van der Waals surface area contributed by atoms with Crippen LogP contribution in [0.5, 0.6) is 5.75 Å². The molecule has 0 aliphatic carbocycles. The smallest absolute Gasteiger partial charge is 0.133 e. The van der Waals surface area contributed by atoms with Crippen LogP contribution in [0.3, 0.4) is 0 Å². The predicted octanol–water partition coefficient (Wildman–Crippen LogP) is 1.94. The number of ether oxygens (including phenoxy) is 2. The van der Waals surface area contributed by atoms with E-state index in [0.29, 0.717) is 13.0 Å². The van der Waals surface area contributed by atoms with Crippen LogP contribution in [0.15, 0.2) is 22.7 Å². The van der Waals surface area contributed by atoms with Crippen molar-refractivity contribution in [3.63, 3.8) is 0 Å². The molecule has 18 heavy (non-hydrogen) atoms. The average molecular weight is 318 g/mol. The van der Waals surface area contributed by atoms with Crippen LogP contribution in [0.2, 0.25) is 0 Å². The van der Waals surface area contributed by atoms with Crippen molar-refractivity contribution >= 4 is 15.9 Å². The summed E-state index contributed by atoms with van der Waals surface area (Å²) in [6.07, 6.45) is 0.288. The molecule has 1 atom stereocenters. The van der Waals surface area contributed by atoms with Crippen molar-refractivity contribution in [1.29, 1.82) is 0 Å². The van der Waals surface area contributed by atoms with Crippen LogP contribution < -0.4 is 10.1 Å². The lowest BCUT2D eigenvalue weighted by atomic mass is 10.2. The highest BCUT2D eigenvalue weighted by molar-refractivity contribution is 9.10. The van der Waals surface area contributed by atoms with Crippen LogP contribution in [0.1, 0.15) is 12.0 Å². The highest BCUT2D eigenvalue weighted by Crippen LogP contribution is 2.25. The minimum absolute atomic E-state index is 0.385. The Balaban J connectivity index is 2.29. The summed E-state index contributed by atoms with van der Waals surface area (Å²) in [5.41, 5.74) is 1.17. The van der Waals surface area contributed by atoms with E-state index in [2.05, 4.69) is 21.2 Å². The molecular formula is C13H20BrNO3. The molecule has 5 heteroatoms. The first-order valence-corrected chi connectivity index (χ1v) is 6.66. The quantitative estimate of drug-likeness (QED) is 0.719. The van der Waals surface area contributed by atoms with E-state index in [1.807, 2.05) is 18.2 Å². The second-order valence-corrected chi connectivity index (χ2v) is 4.90. The average Bonchev–Trinajstić information content (AvgIpc) is 2.35. The Morgan fingerprint density at radius 2 is 2.17 bits per heavy atom. The third-order valence-electron chi connectivity index (χ3n) is 2.56. The fourth-order valence-electron chi connectivity index (χ4n) is 1.60. The van der Waals surface area contributed by atoms with Crippen LogP contribution in [0.25, 0.3) is 0 Å². The number of hydrogen-bond donors (Lipinski definition) is 2. The highest BCUT2D eigenvalue weighted by atomic mass is 79.9. The molecule has 0 aliphatic heterocycles. The lowest BCUT2D eigenvalue weighted by Gasteiger charge is -2.11. The van der Waals surface area contributed by atoms with Crippen molar-refractivity contribution in [2.45, 2.75) is 19.1 Å². The zero-order valence-electron chi connectivity index (χ0n) is 10.8. The number of aliphatic hydroxyl groups is 1. The van der Waals surface area contributed by atoms with Gasteiger partial charge in [0, 0.05) is 13.7 Å². The normalized spacial score (nSPS) is 12.4. The van der Waals surface area contributed by atoms with Crippen molar-refractivity contribution in [3.05, 3.63) is 28.2 Å². The molecule has 0 aromatic heterocycles. The maximum atomic E-state index is 9.47. The zero-order valence-corrected chi connectivity index (χ0v) is 12.4. The molecule has 0 bridgehead atoms. The van der Waals surface area contributed by atoms with Crippen molar-refractivity contribution in [2.75, 3.05) is 27.4 Å². The Morgan fingerprint density at radius 1 is 1.39 bits per heavy atom. The van der Waals surface area contributed by atoms with Gasteiger partial charge < -0.3 is 19.9 Å². The fourth-order valence-corrected chi connectivity index (χ4v) is 2.19. The number of aliphatic hydroxyl groups excluding tert-OH is 1. The van der Waals surface area contributed by atoms with Gasteiger partial charge in [0.05, 0.1) is 24.3 Å². The van der Waals surface area contributed by atoms with Crippen molar-refractivity contribution in [1.82, 2.24) is 5.32 Å². The van der Waals surface area contributed by atoms with Gasteiger partial charge in [-0.25, -0.2) is 0 Å². The van der Waals surface area contributed by atoms with Gasteiger partial charge >= 0.3 is 0 Å². The van der Waals surface area contributed by atoms with E-state index < -0.39 is 6.10 Å². The number of benzene rings is 1. The Hall–Kier alpha value is -0.620. The molecule has 0 radical (unpaired) electrons. The molecule has 0 saturated heterocycles. The molecule has 0 saturated carbocycles. The maximum Gasteiger partial charge on any atom is 0.133 e. The summed E-state index contributed by atoms with van der Waals surface area (Å²) >= 11 is 3.45. The van der Waals surface area contributed by atoms with E-state index in [9.17, 15) is 5.11 Å². The predicted molar refractivity (Wildman–Crippen MR) is 74.9 cm³/mol. The van der Waals surface area contributed by atoms with Gasteiger partial charge in [-0.05, 0) is 46.6 Å². The number of halogens is 1. The fraction of sp³-hybridized carbons (Fsp3) is 0.538. The Morgan fingerprint density at radius 3 is 2.78 bits per heavy atom. The van der Waals surface area contributed by atoms with Crippen molar-refractivity contribution in [2.24, 2.45) is 0 Å². The number of nitrogens with one attached hydrogen (secondary N) is 1. The number of rotatable bonds is 8. The second kappa shape index (κ2) is 8.48. The lowest BCUT2D eigenvalue weighted by molar-refractivity contribution is 0.0594. The minimum atomic E-state index is -0.398. The van der Waals surface area contributed by atoms with E-state index in [-0.39, 0.29) is 0 Å². The second-order valence-electron chi connectivity index (χ2n) is 4.04. The SMILES string of the molecule is COCC(O)CCNCc1ccc(OC)c(Br)c1. The summed E-state index contributed by atoms with van der Waals surface area (Å²) in [4.78, 5) is 0. The molecule has 0 amide bonds. The van der Waals surface area contributed by atoms with E-state index >= 15 is 0 Å². The molecule has 0 fully saturated rings. The van der Waals surface area contributed by atoms with Crippen LogP contribution in [0, 0.1) is 0 Å². The molecule has 0 aliphatic rings. The van der Waals surface area contributed by atoms with Crippen molar-refractivity contribution in [3.8, 4) is 5.75 Å². The molecular weight excluding hydrogens is 298 g/mol. The van der Waals surface area contributed by atoms with Crippen LogP contribution in [-0.2, 0) is 11.3 Å². The minimum Gasteiger partial charge on any atom is -0.496 e. The number of methoxy groups -OCH3 is 2. The summed E-state index contributed by atoms with van der Waals surface area (Å²) in [6, 6.07) is 5.97. The van der Waals surface area contributed by atoms with E-state index in [1.165, 1.54) is 5.56 Å².